The smallest absolute Gasteiger partial charge is 0.411 e. The largest absolute Gasteiger partial charge is 0.494 e. The van der Waals surface area contributed by atoms with Gasteiger partial charge in [-0.25, -0.2) is 4.79 Å². The van der Waals surface area contributed by atoms with E-state index in [0.717, 1.165) is 52.9 Å². The fourth-order valence-electron chi connectivity index (χ4n) is 4.51. The number of benzene rings is 2. The highest BCUT2D eigenvalue weighted by Gasteiger charge is 2.27. The van der Waals surface area contributed by atoms with Gasteiger partial charge in [0.2, 0.25) is 0 Å². The minimum absolute atomic E-state index is 0.172. The lowest BCUT2D eigenvalue weighted by atomic mass is 9.92. The average molecular weight is 436 g/mol. The van der Waals surface area contributed by atoms with Gasteiger partial charge in [0, 0.05) is 35.2 Å². The number of rotatable bonds is 6. The first-order valence-electron chi connectivity index (χ1n) is 11.4. The molecule has 5 rings (SSSR count). The zero-order valence-electron chi connectivity index (χ0n) is 18.3. The SMILES string of the molecule is CCOc1ccc2c(N)c(-c3ccc(NC(=O)OC4CCOC4)cc3)n(C3CCC3)c2c1. The topological polar surface area (TPSA) is 87.7 Å². The number of nitrogens with one attached hydrogen (secondary N) is 1. The number of ether oxygens (including phenoxy) is 3. The molecule has 0 bridgehead atoms. The highest BCUT2D eigenvalue weighted by atomic mass is 16.6. The van der Waals surface area contributed by atoms with E-state index < -0.39 is 6.09 Å². The Kier molecular flexibility index (Phi) is 5.66. The Morgan fingerprint density at radius 3 is 2.66 bits per heavy atom. The molecule has 1 atom stereocenters. The molecule has 3 N–H and O–H groups in total. The van der Waals surface area contributed by atoms with E-state index >= 15 is 0 Å². The molecule has 1 amide bonds. The van der Waals surface area contributed by atoms with Crippen molar-refractivity contribution in [2.75, 3.05) is 30.9 Å². The minimum Gasteiger partial charge on any atom is -0.494 e. The van der Waals surface area contributed by atoms with Gasteiger partial charge in [-0.1, -0.05) is 12.1 Å². The standard InChI is InChI=1S/C25H29N3O4/c1-2-31-19-10-11-21-22(14-19)28(18-4-3-5-18)24(23(21)26)16-6-8-17(9-7-16)27-25(29)32-20-12-13-30-15-20/h6-11,14,18,20H,2-5,12-13,15,26H2,1H3,(H,27,29). The lowest BCUT2D eigenvalue weighted by molar-refractivity contribution is 0.0932. The Balaban J connectivity index is 1.44. The maximum absolute atomic E-state index is 12.1. The summed E-state index contributed by atoms with van der Waals surface area (Å²) in [6.45, 7) is 3.71. The number of amides is 1. The fraction of sp³-hybridized carbons (Fsp3) is 0.400. The van der Waals surface area contributed by atoms with Crippen molar-refractivity contribution in [3.63, 3.8) is 0 Å². The third-order valence-electron chi connectivity index (χ3n) is 6.33. The molecule has 1 aliphatic heterocycles. The van der Waals surface area contributed by atoms with Gasteiger partial charge < -0.3 is 24.5 Å². The second-order valence-corrected chi connectivity index (χ2v) is 8.42. The quantitative estimate of drug-likeness (QED) is 0.545. The van der Waals surface area contributed by atoms with E-state index in [2.05, 4.69) is 16.0 Å². The molecule has 32 heavy (non-hydrogen) atoms. The molecule has 1 saturated heterocycles. The van der Waals surface area contributed by atoms with Crippen LogP contribution >= 0.6 is 0 Å². The summed E-state index contributed by atoms with van der Waals surface area (Å²) in [5.74, 6) is 0.857. The maximum Gasteiger partial charge on any atom is 0.411 e. The van der Waals surface area contributed by atoms with Crippen LogP contribution in [0.1, 0.15) is 38.6 Å². The van der Waals surface area contributed by atoms with Crippen LogP contribution in [0.5, 0.6) is 5.75 Å². The Hall–Kier alpha value is -3.19. The molecule has 1 aliphatic carbocycles. The number of fused-ring (bicyclic) bond motifs is 1. The van der Waals surface area contributed by atoms with E-state index in [1.54, 1.807) is 0 Å². The molecule has 2 heterocycles. The number of carbonyl (C=O) groups excluding carboxylic acids is 1. The molecule has 2 fully saturated rings. The zero-order valence-corrected chi connectivity index (χ0v) is 18.3. The average Bonchev–Trinajstić information content (AvgIpc) is 3.35. The van der Waals surface area contributed by atoms with Gasteiger partial charge in [0.25, 0.3) is 0 Å². The van der Waals surface area contributed by atoms with Gasteiger partial charge in [0.15, 0.2) is 0 Å². The van der Waals surface area contributed by atoms with E-state index in [9.17, 15) is 4.79 Å². The van der Waals surface area contributed by atoms with Crippen molar-refractivity contribution in [2.24, 2.45) is 0 Å². The number of anilines is 2. The molecule has 1 aromatic heterocycles. The number of aromatic nitrogens is 1. The first-order valence-corrected chi connectivity index (χ1v) is 11.4. The highest BCUT2D eigenvalue weighted by molar-refractivity contribution is 6.01. The highest BCUT2D eigenvalue weighted by Crippen LogP contribution is 2.44. The van der Waals surface area contributed by atoms with Crippen molar-refractivity contribution >= 4 is 28.4 Å². The molecule has 1 unspecified atom stereocenters. The van der Waals surface area contributed by atoms with Crippen molar-refractivity contribution in [3.8, 4) is 17.0 Å². The van der Waals surface area contributed by atoms with Crippen molar-refractivity contribution in [1.29, 1.82) is 0 Å². The number of nitrogen functional groups attached to an aromatic ring is 1. The second-order valence-electron chi connectivity index (χ2n) is 8.42. The normalized spacial score (nSPS) is 18.5. The minimum atomic E-state index is -0.459. The summed E-state index contributed by atoms with van der Waals surface area (Å²) in [6.07, 6.45) is 3.62. The van der Waals surface area contributed by atoms with Gasteiger partial charge >= 0.3 is 6.09 Å². The van der Waals surface area contributed by atoms with E-state index in [-0.39, 0.29) is 6.10 Å². The van der Waals surface area contributed by atoms with Crippen LogP contribution in [0.25, 0.3) is 22.2 Å². The zero-order chi connectivity index (χ0) is 22.1. The van der Waals surface area contributed by atoms with Crippen molar-refractivity contribution < 1.29 is 19.0 Å². The summed E-state index contributed by atoms with van der Waals surface area (Å²) in [7, 11) is 0. The van der Waals surface area contributed by atoms with Crippen LogP contribution in [0.3, 0.4) is 0 Å². The molecular weight excluding hydrogens is 406 g/mol. The lowest BCUT2D eigenvalue weighted by Crippen LogP contribution is -2.22. The Morgan fingerprint density at radius 2 is 2.00 bits per heavy atom. The Bertz CT molecular complexity index is 1110. The van der Waals surface area contributed by atoms with Crippen molar-refractivity contribution in [1.82, 2.24) is 4.57 Å². The molecule has 1 saturated carbocycles. The Morgan fingerprint density at radius 1 is 1.19 bits per heavy atom. The third kappa shape index (κ3) is 3.88. The van der Waals surface area contributed by atoms with Crippen LogP contribution in [-0.2, 0) is 9.47 Å². The molecule has 0 radical (unpaired) electrons. The number of carbonyl (C=O) groups is 1. The second kappa shape index (κ2) is 8.74. The number of nitrogens with two attached hydrogens (primary N) is 1. The summed E-state index contributed by atoms with van der Waals surface area (Å²) in [5, 5.41) is 3.84. The fourth-order valence-corrected chi connectivity index (χ4v) is 4.51. The number of hydrogen-bond donors (Lipinski definition) is 2. The van der Waals surface area contributed by atoms with Gasteiger partial charge in [0.05, 0.1) is 36.7 Å². The molecule has 2 aliphatic rings. The predicted octanol–water partition coefficient (Wildman–Crippen LogP) is 5.35. The van der Waals surface area contributed by atoms with Gasteiger partial charge in [-0.05, 0) is 50.5 Å². The lowest BCUT2D eigenvalue weighted by Gasteiger charge is -2.30. The van der Waals surface area contributed by atoms with Crippen LogP contribution in [-0.4, -0.2) is 36.6 Å². The first kappa shape index (κ1) is 20.7. The summed E-state index contributed by atoms with van der Waals surface area (Å²) in [6, 6.07) is 14.3. The van der Waals surface area contributed by atoms with Gasteiger partial charge in [0.1, 0.15) is 11.9 Å². The molecular formula is C25H29N3O4. The third-order valence-corrected chi connectivity index (χ3v) is 6.33. The molecule has 3 aromatic rings. The first-order chi connectivity index (χ1) is 15.6. The van der Waals surface area contributed by atoms with Crippen molar-refractivity contribution in [2.45, 2.75) is 44.8 Å². The van der Waals surface area contributed by atoms with Crippen LogP contribution in [0.15, 0.2) is 42.5 Å². The summed E-state index contributed by atoms with van der Waals surface area (Å²) in [5.41, 5.74) is 11.3. The summed E-state index contributed by atoms with van der Waals surface area (Å²) >= 11 is 0. The monoisotopic (exact) mass is 435 g/mol. The number of nitrogens with zero attached hydrogens (tertiary/aromatic N) is 1. The maximum atomic E-state index is 12.1. The Labute approximate surface area is 187 Å². The molecule has 7 heteroatoms. The van der Waals surface area contributed by atoms with E-state index in [0.29, 0.717) is 31.5 Å². The molecule has 168 valence electrons. The van der Waals surface area contributed by atoms with E-state index in [1.165, 1.54) is 6.42 Å². The van der Waals surface area contributed by atoms with Crippen LogP contribution in [0.2, 0.25) is 0 Å². The van der Waals surface area contributed by atoms with Crippen LogP contribution in [0, 0.1) is 0 Å². The van der Waals surface area contributed by atoms with Crippen LogP contribution < -0.4 is 15.8 Å². The predicted molar refractivity (Wildman–Crippen MR) is 125 cm³/mol. The van der Waals surface area contributed by atoms with E-state index in [4.69, 9.17) is 19.9 Å². The number of hydrogen-bond acceptors (Lipinski definition) is 5. The molecule has 7 nitrogen and oxygen atoms in total. The van der Waals surface area contributed by atoms with Crippen LogP contribution in [0.4, 0.5) is 16.2 Å². The van der Waals surface area contributed by atoms with Gasteiger partial charge in [-0.2, -0.15) is 0 Å². The van der Waals surface area contributed by atoms with Gasteiger partial charge in [-0.3, -0.25) is 5.32 Å². The summed E-state index contributed by atoms with van der Waals surface area (Å²) < 4.78 is 18.7. The molecule has 2 aromatic carbocycles. The van der Waals surface area contributed by atoms with Crippen molar-refractivity contribution in [3.05, 3.63) is 42.5 Å². The summed E-state index contributed by atoms with van der Waals surface area (Å²) in [4.78, 5) is 12.1. The van der Waals surface area contributed by atoms with Gasteiger partial charge in [-0.15, -0.1) is 0 Å². The molecule has 0 spiro atoms. The van der Waals surface area contributed by atoms with E-state index in [1.807, 2.05) is 43.3 Å².